The lowest BCUT2D eigenvalue weighted by molar-refractivity contribution is 0.189. The standard InChI is InChI=1S/C19H23F2N3/c20-16-6-7-19(18(21)12-16)23-9-8-17-14-24(11-10-22-17)13-15-4-2-1-3-5-15/h1-7,12,17,22-23H,8-11,13-14H2/t17-/m1/s1. The van der Waals surface area contributed by atoms with Crippen molar-refractivity contribution in [1.29, 1.82) is 0 Å². The van der Waals surface area contributed by atoms with Gasteiger partial charge in [-0.15, -0.1) is 0 Å². The van der Waals surface area contributed by atoms with Gasteiger partial charge in [0.15, 0.2) is 0 Å². The third-order valence-corrected chi connectivity index (χ3v) is 4.33. The number of hydrogen-bond donors (Lipinski definition) is 2. The van der Waals surface area contributed by atoms with E-state index in [1.807, 2.05) is 6.07 Å². The van der Waals surface area contributed by atoms with Crippen molar-refractivity contribution in [3.05, 3.63) is 65.7 Å². The summed E-state index contributed by atoms with van der Waals surface area (Å²) in [4.78, 5) is 2.44. The highest BCUT2D eigenvalue weighted by atomic mass is 19.1. The summed E-state index contributed by atoms with van der Waals surface area (Å²) in [6, 6.07) is 14.5. The van der Waals surface area contributed by atoms with E-state index in [4.69, 9.17) is 0 Å². The topological polar surface area (TPSA) is 27.3 Å². The molecule has 0 saturated carbocycles. The highest BCUT2D eigenvalue weighted by Gasteiger charge is 2.19. The lowest BCUT2D eigenvalue weighted by atomic mass is 10.1. The molecule has 0 radical (unpaired) electrons. The van der Waals surface area contributed by atoms with Crippen molar-refractivity contribution >= 4 is 5.69 Å². The molecule has 1 aliphatic rings. The molecule has 1 saturated heterocycles. The smallest absolute Gasteiger partial charge is 0.149 e. The van der Waals surface area contributed by atoms with Gasteiger partial charge >= 0.3 is 0 Å². The van der Waals surface area contributed by atoms with Crippen LogP contribution in [0.5, 0.6) is 0 Å². The molecule has 128 valence electrons. The molecule has 1 aliphatic heterocycles. The number of rotatable bonds is 6. The molecule has 0 unspecified atom stereocenters. The average molecular weight is 331 g/mol. The summed E-state index contributed by atoms with van der Waals surface area (Å²) in [6.07, 6.45) is 0.891. The van der Waals surface area contributed by atoms with Crippen LogP contribution >= 0.6 is 0 Å². The van der Waals surface area contributed by atoms with Gasteiger partial charge in [-0.1, -0.05) is 30.3 Å². The fourth-order valence-electron chi connectivity index (χ4n) is 3.09. The van der Waals surface area contributed by atoms with Crippen molar-refractivity contribution in [3.63, 3.8) is 0 Å². The van der Waals surface area contributed by atoms with Crippen LogP contribution in [0.1, 0.15) is 12.0 Å². The zero-order valence-corrected chi connectivity index (χ0v) is 13.6. The molecule has 1 fully saturated rings. The van der Waals surface area contributed by atoms with E-state index in [2.05, 4.69) is 39.8 Å². The average Bonchev–Trinajstić information content (AvgIpc) is 2.58. The summed E-state index contributed by atoms with van der Waals surface area (Å²) in [5, 5.41) is 6.56. The van der Waals surface area contributed by atoms with Crippen LogP contribution in [0.2, 0.25) is 0 Å². The number of nitrogens with one attached hydrogen (secondary N) is 2. The highest BCUT2D eigenvalue weighted by Crippen LogP contribution is 2.15. The first-order valence-electron chi connectivity index (χ1n) is 8.39. The molecule has 3 rings (SSSR count). The van der Waals surface area contributed by atoms with E-state index in [0.717, 1.165) is 38.7 Å². The molecule has 1 atom stereocenters. The van der Waals surface area contributed by atoms with Crippen LogP contribution in [-0.2, 0) is 6.54 Å². The first kappa shape index (κ1) is 16.9. The zero-order valence-electron chi connectivity index (χ0n) is 13.6. The van der Waals surface area contributed by atoms with Gasteiger partial charge in [0.05, 0.1) is 5.69 Å². The summed E-state index contributed by atoms with van der Waals surface area (Å²) >= 11 is 0. The summed E-state index contributed by atoms with van der Waals surface area (Å²) < 4.78 is 26.5. The van der Waals surface area contributed by atoms with Crippen LogP contribution in [0.3, 0.4) is 0 Å². The lowest BCUT2D eigenvalue weighted by Gasteiger charge is -2.34. The first-order chi connectivity index (χ1) is 11.7. The molecule has 0 aromatic heterocycles. The monoisotopic (exact) mass is 331 g/mol. The molecule has 24 heavy (non-hydrogen) atoms. The van der Waals surface area contributed by atoms with Gasteiger partial charge in [0, 0.05) is 44.8 Å². The Balaban J connectivity index is 1.45. The molecule has 0 bridgehead atoms. The third-order valence-electron chi connectivity index (χ3n) is 4.33. The molecular formula is C19H23F2N3. The molecule has 0 aliphatic carbocycles. The Morgan fingerprint density at radius 3 is 2.75 bits per heavy atom. The van der Waals surface area contributed by atoms with Gasteiger partial charge in [0.1, 0.15) is 11.6 Å². The Morgan fingerprint density at radius 2 is 1.96 bits per heavy atom. The van der Waals surface area contributed by atoms with E-state index in [0.29, 0.717) is 18.3 Å². The van der Waals surface area contributed by atoms with Gasteiger partial charge < -0.3 is 10.6 Å². The maximum Gasteiger partial charge on any atom is 0.149 e. The lowest BCUT2D eigenvalue weighted by Crippen LogP contribution is -2.50. The van der Waals surface area contributed by atoms with Crippen LogP contribution < -0.4 is 10.6 Å². The number of benzene rings is 2. The summed E-state index contributed by atoms with van der Waals surface area (Å²) in [5.41, 5.74) is 1.68. The van der Waals surface area contributed by atoms with Gasteiger partial charge in [-0.05, 0) is 24.1 Å². The maximum atomic E-state index is 13.6. The predicted octanol–water partition coefficient (Wildman–Crippen LogP) is 3.24. The van der Waals surface area contributed by atoms with E-state index in [1.54, 1.807) is 0 Å². The molecular weight excluding hydrogens is 308 g/mol. The second kappa shape index (κ2) is 8.22. The van der Waals surface area contributed by atoms with Crippen LogP contribution in [0, 0.1) is 11.6 Å². The third kappa shape index (κ3) is 4.76. The van der Waals surface area contributed by atoms with Gasteiger partial charge in [-0.2, -0.15) is 0 Å². The quantitative estimate of drug-likeness (QED) is 0.851. The zero-order chi connectivity index (χ0) is 16.8. The minimum absolute atomic E-state index is 0.355. The van der Waals surface area contributed by atoms with E-state index < -0.39 is 11.6 Å². The Morgan fingerprint density at radius 1 is 1.12 bits per heavy atom. The van der Waals surface area contributed by atoms with Crippen molar-refractivity contribution in [3.8, 4) is 0 Å². The van der Waals surface area contributed by atoms with Crippen molar-refractivity contribution in [1.82, 2.24) is 10.2 Å². The Bertz CT molecular complexity index is 648. The summed E-state index contributed by atoms with van der Waals surface area (Å²) in [7, 11) is 0. The molecule has 2 aromatic rings. The molecule has 5 heteroatoms. The van der Waals surface area contributed by atoms with Gasteiger partial charge in [0.25, 0.3) is 0 Å². The van der Waals surface area contributed by atoms with Crippen LogP contribution in [-0.4, -0.2) is 37.1 Å². The molecule has 0 amide bonds. The van der Waals surface area contributed by atoms with Crippen molar-refractivity contribution < 1.29 is 8.78 Å². The van der Waals surface area contributed by atoms with Crippen molar-refractivity contribution in [2.24, 2.45) is 0 Å². The largest absolute Gasteiger partial charge is 0.383 e. The van der Waals surface area contributed by atoms with E-state index in [-0.39, 0.29) is 0 Å². The van der Waals surface area contributed by atoms with Crippen LogP contribution in [0.4, 0.5) is 14.5 Å². The number of piperazine rings is 1. The molecule has 1 heterocycles. The van der Waals surface area contributed by atoms with Gasteiger partial charge in [-0.25, -0.2) is 8.78 Å². The number of nitrogens with zero attached hydrogens (tertiary/aromatic N) is 1. The van der Waals surface area contributed by atoms with Gasteiger partial charge in [0.2, 0.25) is 0 Å². The van der Waals surface area contributed by atoms with Crippen LogP contribution in [0.25, 0.3) is 0 Å². The SMILES string of the molecule is Fc1ccc(NCC[C@@H]2CN(Cc3ccccc3)CCN2)c(F)c1. The Hall–Kier alpha value is -1.98. The fourth-order valence-corrected chi connectivity index (χ4v) is 3.09. The van der Waals surface area contributed by atoms with Gasteiger partial charge in [-0.3, -0.25) is 4.90 Å². The second-order valence-electron chi connectivity index (χ2n) is 6.21. The normalized spacial score (nSPS) is 18.5. The number of hydrogen-bond acceptors (Lipinski definition) is 3. The molecule has 3 nitrogen and oxygen atoms in total. The maximum absolute atomic E-state index is 13.6. The van der Waals surface area contributed by atoms with Crippen molar-refractivity contribution in [2.75, 3.05) is 31.5 Å². The Labute approximate surface area is 141 Å². The van der Waals surface area contributed by atoms with E-state index in [9.17, 15) is 8.78 Å². The molecule has 2 N–H and O–H groups in total. The van der Waals surface area contributed by atoms with Crippen molar-refractivity contribution in [2.45, 2.75) is 19.0 Å². The fraction of sp³-hybridized carbons (Fsp3) is 0.368. The van der Waals surface area contributed by atoms with Crippen LogP contribution in [0.15, 0.2) is 48.5 Å². The Kier molecular flexibility index (Phi) is 5.77. The van der Waals surface area contributed by atoms with E-state index in [1.165, 1.54) is 17.7 Å². The van der Waals surface area contributed by atoms with E-state index >= 15 is 0 Å². The molecule has 2 aromatic carbocycles. The predicted molar refractivity (Wildman–Crippen MR) is 93.0 cm³/mol. The summed E-state index contributed by atoms with van der Waals surface area (Å²) in [6.45, 7) is 4.58. The first-order valence-corrected chi connectivity index (χ1v) is 8.39. The highest BCUT2D eigenvalue weighted by molar-refractivity contribution is 5.44. The number of anilines is 1. The number of halogens is 2. The minimum Gasteiger partial charge on any atom is -0.383 e. The summed E-state index contributed by atoms with van der Waals surface area (Å²) in [5.74, 6) is -1.10. The molecule has 0 spiro atoms. The minimum atomic E-state index is -0.552. The second-order valence-corrected chi connectivity index (χ2v) is 6.21.